The van der Waals surface area contributed by atoms with Crippen LogP contribution in [0.4, 0.5) is 0 Å². The molecule has 0 bridgehead atoms. The first-order chi connectivity index (χ1) is 12.0. The first kappa shape index (κ1) is 18.4. The van der Waals surface area contributed by atoms with Gasteiger partial charge in [0.05, 0.1) is 6.20 Å². The molecule has 0 aromatic carbocycles. The van der Waals surface area contributed by atoms with Gasteiger partial charge in [0, 0.05) is 49.4 Å². The molecule has 6 heteroatoms. The first-order valence-electron chi connectivity index (χ1n) is 9.67. The fourth-order valence-electron chi connectivity index (χ4n) is 3.93. The largest absolute Gasteiger partial charge is 0.356 e. The summed E-state index contributed by atoms with van der Waals surface area (Å²) in [4.78, 5) is 16.8. The van der Waals surface area contributed by atoms with Crippen LogP contribution in [0.5, 0.6) is 0 Å². The Morgan fingerprint density at radius 3 is 2.72 bits per heavy atom. The summed E-state index contributed by atoms with van der Waals surface area (Å²) >= 11 is 0. The van der Waals surface area contributed by atoms with Gasteiger partial charge in [0.1, 0.15) is 0 Å². The van der Waals surface area contributed by atoms with Crippen molar-refractivity contribution < 1.29 is 4.79 Å². The fraction of sp³-hybridized carbons (Fsp3) is 0.789. The van der Waals surface area contributed by atoms with Gasteiger partial charge in [-0.1, -0.05) is 0 Å². The van der Waals surface area contributed by atoms with Gasteiger partial charge in [0.25, 0.3) is 0 Å². The number of likely N-dealkylation sites (tertiary alicyclic amines) is 1. The monoisotopic (exact) mass is 347 g/mol. The topological polar surface area (TPSA) is 53.4 Å². The second-order valence-corrected chi connectivity index (χ2v) is 7.91. The molecule has 1 aliphatic heterocycles. The smallest absolute Gasteiger partial charge is 0.223 e. The molecule has 0 spiro atoms. The van der Waals surface area contributed by atoms with Gasteiger partial charge in [-0.25, -0.2) is 0 Å². The maximum Gasteiger partial charge on any atom is 0.223 e. The summed E-state index contributed by atoms with van der Waals surface area (Å²) in [6.45, 7) is 9.15. The summed E-state index contributed by atoms with van der Waals surface area (Å²) in [6.07, 6.45) is 5.30. The highest BCUT2D eigenvalue weighted by atomic mass is 16.2. The van der Waals surface area contributed by atoms with E-state index >= 15 is 0 Å². The third-order valence-corrected chi connectivity index (χ3v) is 5.85. The van der Waals surface area contributed by atoms with E-state index in [0.29, 0.717) is 17.9 Å². The summed E-state index contributed by atoms with van der Waals surface area (Å²) in [5.74, 6) is 1.10. The minimum Gasteiger partial charge on any atom is -0.356 e. The Balaban J connectivity index is 1.56. The van der Waals surface area contributed by atoms with Gasteiger partial charge >= 0.3 is 0 Å². The molecule has 1 aromatic rings. The number of likely N-dealkylation sites (N-methyl/N-ethyl adjacent to an activating group) is 1. The van der Waals surface area contributed by atoms with Crippen LogP contribution in [0.15, 0.2) is 6.20 Å². The average Bonchev–Trinajstić information content (AvgIpc) is 3.39. The standard InChI is InChI=1S/C19H33N5O/c1-5-24-14(2)17(11-21-24)12-23-9-8-16(18(13-23)22(3)4)10-20-19(25)15-6-7-15/h11,15-16,18H,5-10,12-13H2,1-4H3,(H,20,25)/t16-,18-/m1/s1. The van der Waals surface area contributed by atoms with Crippen molar-refractivity contribution in [3.05, 3.63) is 17.5 Å². The number of aromatic nitrogens is 2. The summed E-state index contributed by atoms with van der Waals surface area (Å²) in [7, 11) is 4.31. The molecular formula is C19H33N5O. The molecule has 2 heterocycles. The number of piperidine rings is 1. The van der Waals surface area contributed by atoms with Gasteiger partial charge in [-0.2, -0.15) is 5.10 Å². The third-order valence-electron chi connectivity index (χ3n) is 5.85. The van der Waals surface area contributed by atoms with Crippen LogP contribution in [0.25, 0.3) is 0 Å². The lowest BCUT2D eigenvalue weighted by Gasteiger charge is -2.42. The Hall–Kier alpha value is -1.40. The quantitative estimate of drug-likeness (QED) is 0.812. The summed E-state index contributed by atoms with van der Waals surface area (Å²) in [5, 5.41) is 7.66. The average molecular weight is 348 g/mol. The highest BCUT2D eigenvalue weighted by molar-refractivity contribution is 5.80. The molecule has 1 aromatic heterocycles. The summed E-state index contributed by atoms with van der Waals surface area (Å²) in [5.41, 5.74) is 2.61. The van der Waals surface area contributed by atoms with Crippen LogP contribution in [0.2, 0.25) is 0 Å². The van der Waals surface area contributed by atoms with Crippen molar-refractivity contribution in [2.45, 2.75) is 52.2 Å². The molecule has 1 saturated carbocycles. The molecule has 140 valence electrons. The fourth-order valence-corrected chi connectivity index (χ4v) is 3.93. The normalized spacial score (nSPS) is 24.7. The highest BCUT2D eigenvalue weighted by Gasteiger charge is 2.33. The molecule has 3 rings (SSSR count). The number of aryl methyl sites for hydroxylation is 1. The Bertz CT molecular complexity index is 593. The molecule has 6 nitrogen and oxygen atoms in total. The van der Waals surface area contributed by atoms with Gasteiger partial charge in [-0.3, -0.25) is 14.4 Å². The van der Waals surface area contributed by atoms with Gasteiger partial charge in [0.2, 0.25) is 5.91 Å². The van der Waals surface area contributed by atoms with E-state index in [0.717, 1.165) is 52.0 Å². The van der Waals surface area contributed by atoms with Crippen LogP contribution in [-0.4, -0.2) is 65.3 Å². The highest BCUT2D eigenvalue weighted by Crippen LogP contribution is 2.29. The molecule has 0 radical (unpaired) electrons. The number of hydrogen-bond acceptors (Lipinski definition) is 4. The lowest BCUT2D eigenvalue weighted by molar-refractivity contribution is -0.122. The number of rotatable bonds is 7. The molecular weight excluding hydrogens is 314 g/mol. The number of carbonyl (C=O) groups is 1. The maximum absolute atomic E-state index is 12.0. The van der Waals surface area contributed by atoms with Crippen molar-refractivity contribution in [3.8, 4) is 0 Å². The summed E-state index contributed by atoms with van der Waals surface area (Å²) < 4.78 is 2.07. The Labute approximate surface area is 151 Å². The van der Waals surface area contributed by atoms with E-state index in [-0.39, 0.29) is 5.91 Å². The van der Waals surface area contributed by atoms with Crippen LogP contribution < -0.4 is 5.32 Å². The van der Waals surface area contributed by atoms with Crippen LogP contribution in [-0.2, 0) is 17.9 Å². The maximum atomic E-state index is 12.0. The predicted octanol–water partition coefficient (Wildman–Crippen LogP) is 1.49. The van der Waals surface area contributed by atoms with Crippen molar-refractivity contribution in [2.75, 3.05) is 33.7 Å². The van der Waals surface area contributed by atoms with Crippen molar-refractivity contribution >= 4 is 5.91 Å². The minimum atomic E-state index is 0.266. The van der Waals surface area contributed by atoms with Crippen LogP contribution in [0.3, 0.4) is 0 Å². The van der Waals surface area contributed by atoms with E-state index in [4.69, 9.17) is 0 Å². The number of amides is 1. The third kappa shape index (κ3) is 4.42. The van der Waals surface area contributed by atoms with Gasteiger partial charge in [-0.05, 0) is 59.7 Å². The lowest BCUT2D eigenvalue weighted by atomic mass is 9.90. The number of hydrogen-bond donors (Lipinski definition) is 1. The predicted molar refractivity (Wildman–Crippen MR) is 99.2 cm³/mol. The van der Waals surface area contributed by atoms with E-state index in [2.05, 4.69) is 52.8 Å². The first-order valence-corrected chi connectivity index (χ1v) is 9.67. The van der Waals surface area contributed by atoms with Crippen molar-refractivity contribution in [2.24, 2.45) is 11.8 Å². The zero-order valence-corrected chi connectivity index (χ0v) is 16.2. The van der Waals surface area contributed by atoms with E-state index < -0.39 is 0 Å². The van der Waals surface area contributed by atoms with E-state index in [9.17, 15) is 4.79 Å². The van der Waals surface area contributed by atoms with Crippen molar-refractivity contribution in [1.82, 2.24) is 24.9 Å². The van der Waals surface area contributed by atoms with Crippen LogP contribution >= 0.6 is 0 Å². The molecule has 1 N–H and O–H groups in total. The number of nitrogens with zero attached hydrogens (tertiary/aromatic N) is 4. The minimum absolute atomic E-state index is 0.266. The van der Waals surface area contributed by atoms with Crippen LogP contribution in [0.1, 0.15) is 37.4 Å². The molecule has 2 fully saturated rings. The second kappa shape index (κ2) is 7.87. The Morgan fingerprint density at radius 2 is 2.12 bits per heavy atom. The van der Waals surface area contributed by atoms with Crippen molar-refractivity contribution in [1.29, 1.82) is 0 Å². The van der Waals surface area contributed by atoms with Crippen LogP contribution in [0, 0.1) is 18.8 Å². The number of carbonyl (C=O) groups excluding carboxylic acids is 1. The Morgan fingerprint density at radius 1 is 1.36 bits per heavy atom. The molecule has 1 aliphatic carbocycles. The molecule has 2 atom stereocenters. The van der Waals surface area contributed by atoms with E-state index in [1.54, 1.807) is 0 Å². The van der Waals surface area contributed by atoms with E-state index in [1.165, 1.54) is 11.3 Å². The van der Waals surface area contributed by atoms with Gasteiger partial charge < -0.3 is 10.2 Å². The van der Waals surface area contributed by atoms with E-state index in [1.807, 2.05) is 6.20 Å². The zero-order chi connectivity index (χ0) is 18.0. The molecule has 2 aliphatic rings. The zero-order valence-electron chi connectivity index (χ0n) is 16.2. The van der Waals surface area contributed by atoms with Crippen molar-refractivity contribution in [3.63, 3.8) is 0 Å². The second-order valence-electron chi connectivity index (χ2n) is 7.91. The Kier molecular flexibility index (Phi) is 5.79. The molecule has 0 unspecified atom stereocenters. The number of nitrogens with one attached hydrogen (secondary N) is 1. The molecule has 1 amide bonds. The lowest BCUT2D eigenvalue weighted by Crippen LogP contribution is -2.53. The molecule has 1 saturated heterocycles. The SMILES string of the molecule is CCn1ncc(CN2CC[C@H](CNC(=O)C3CC3)[C@H](N(C)C)C2)c1C. The van der Waals surface area contributed by atoms with Gasteiger partial charge in [0.15, 0.2) is 0 Å². The molecule has 25 heavy (non-hydrogen) atoms. The summed E-state index contributed by atoms with van der Waals surface area (Å²) in [6, 6.07) is 0.481. The van der Waals surface area contributed by atoms with Gasteiger partial charge in [-0.15, -0.1) is 0 Å².